The van der Waals surface area contributed by atoms with Gasteiger partial charge in [0, 0.05) is 30.9 Å². The van der Waals surface area contributed by atoms with E-state index in [0.29, 0.717) is 6.04 Å². The maximum Gasteiger partial charge on any atom is 0.135 e. The zero-order valence-corrected chi connectivity index (χ0v) is 10.4. The molecule has 1 saturated carbocycles. The average molecular weight is 232 g/mol. The standard InChI is InChI=1S/C13H20N4/c1-17(7-9-5-10(14)6-9)13-11-3-2-4-12(11)15-8-16-13/h8-10H,2-7,14H2,1H3. The van der Waals surface area contributed by atoms with Crippen LogP contribution in [0.1, 0.15) is 30.5 Å². The second kappa shape index (κ2) is 4.26. The van der Waals surface area contributed by atoms with Gasteiger partial charge in [-0.3, -0.25) is 0 Å². The first kappa shape index (κ1) is 11.0. The Labute approximate surface area is 102 Å². The molecule has 0 spiro atoms. The van der Waals surface area contributed by atoms with Gasteiger partial charge in [0.25, 0.3) is 0 Å². The van der Waals surface area contributed by atoms with E-state index in [-0.39, 0.29) is 0 Å². The molecule has 1 aromatic heterocycles. The van der Waals surface area contributed by atoms with E-state index in [1.54, 1.807) is 6.33 Å². The fourth-order valence-electron chi connectivity index (χ4n) is 3.08. The summed E-state index contributed by atoms with van der Waals surface area (Å²) in [5, 5.41) is 0. The summed E-state index contributed by atoms with van der Waals surface area (Å²) in [6, 6.07) is 0.435. The predicted molar refractivity (Wildman–Crippen MR) is 68.0 cm³/mol. The maximum absolute atomic E-state index is 5.83. The molecule has 3 rings (SSSR count). The summed E-state index contributed by atoms with van der Waals surface area (Å²) in [5.41, 5.74) is 8.46. The van der Waals surface area contributed by atoms with E-state index in [1.807, 2.05) is 0 Å². The molecule has 92 valence electrons. The van der Waals surface area contributed by atoms with Crippen LogP contribution < -0.4 is 10.6 Å². The molecule has 4 heteroatoms. The molecule has 1 heterocycles. The minimum absolute atomic E-state index is 0.435. The van der Waals surface area contributed by atoms with E-state index < -0.39 is 0 Å². The monoisotopic (exact) mass is 232 g/mol. The molecule has 2 N–H and O–H groups in total. The van der Waals surface area contributed by atoms with Crippen LogP contribution in [0.3, 0.4) is 0 Å². The molecule has 1 aromatic rings. The third kappa shape index (κ3) is 2.02. The van der Waals surface area contributed by atoms with E-state index in [0.717, 1.165) is 44.0 Å². The van der Waals surface area contributed by atoms with Crippen molar-refractivity contribution in [2.45, 2.75) is 38.1 Å². The maximum atomic E-state index is 5.83. The van der Waals surface area contributed by atoms with Crippen LogP contribution in [0.5, 0.6) is 0 Å². The molecule has 0 saturated heterocycles. The molecule has 0 aromatic carbocycles. The van der Waals surface area contributed by atoms with E-state index in [1.165, 1.54) is 17.7 Å². The Morgan fingerprint density at radius 3 is 2.94 bits per heavy atom. The van der Waals surface area contributed by atoms with E-state index in [2.05, 4.69) is 21.9 Å². The Hall–Kier alpha value is -1.16. The summed E-state index contributed by atoms with van der Waals surface area (Å²) in [6.07, 6.45) is 7.52. The summed E-state index contributed by atoms with van der Waals surface area (Å²) >= 11 is 0. The topological polar surface area (TPSA) is 55.0 Å². The Balaban J connectivity index is 1.73. The first-order valence-corrected chi connectivity index (χ1v) is 6.53. The highest BCUT2D eigenvalue weighted by Crippen LogP contribution is 2.31. The molecule has 0 atom stereocenters. The third-order valence-corrected chi connectivity index (χ3v) is 4.02. The van der Waals surface area contributed by atoms with Crippen LogP contribution in [0.2, 0.25) is 0 Å². The number of hydrogen-bond donors (Lipinski definition) is 1. The third-order valence-electron chi connectivity index (χ3n) is 4.02. The fourth-order valence-corrected chi connectivity index (χ4v) is 3.08. The van der Waals surface area contributed by atoms with Crippen molar-refractivity contribution in [1.29, 1.82) is 0 Å². The summed E-state index contributed by atoms with van der Waals surface area (Å²) in [7, 11) is 2.14. The van der Waals surface area contributed by atoms with Gasteiger partial charge in [0.05, 0.1) is 0 Å². The lowest BCUT2D eigenvalue weighted by Crippen LogP contribution is -2.42. The van der Waals surface area contributed by atoms with Crippen LogP contribution in [0.15, 0.2) is 6.33 Å². The van der Waals surface area contributed by atoms with Gasteiger partial charge in [0.1, 0.15) is 12.1 Å². The van der Waals surface area contributed by atoms with Gasteiger partial charge in [-0.25, -0.2) is 9.97 Å². The zero-order chi connectivity index (χ0) is 11.8. The highest BCUT2D eigenvalue weighted by atomic mass is 15.2. The lowest BCUT2D eigenvalue weighted by Gasteiger charge is -2.36. The highest BCUT2D eigenvalue weighted by Gasteiger charge is 2.28. The van der Waals surface area contributed by atoms with Gasteiger partial charge in [-0.15, -0.1) is 0 Å². The molecule has 0 radical (unpaired) electrons. The minimum Gasteiger partial charge on any atom is -0.359 e. The molecule has 2 aliphatic rings. The molecule has 1 fully saturated rings. The molecule has 2 aliphatic carbocycles. The lowest BCUT2D eigenvalue weighted by atomic mass is 9.80. The Morgan fingerprint density at radius 2 is 2.18 bits per heavy atom. The van der Waals surface area contributed by atoms with E-state index in [9.17, 15) is 0 Å². The summed E-state index contributed by atoms with van der Waals surface area (Å²) in [5.74, 6) is 1.90. The SMILES string of the molecule is CN(CC1CC(N)C1)c1ncnc2c1CCC2. The number of aromatic nitrogens is 2. The second-order valence-electron chi connectivity index (χ2n) is 5.45. The van der Waals surface area contributed by atoms with Gasteiger partial charge in [0.2, 0.25) is 0 Å². The number of nitrogens with zero attached hydrogens (tertiary/aromatic N) is 3. The normalized spacial score (nSPS) is 26.5. The number of nitrogens with two attached hydrogens (primary N) is 1. The number of aryl methyl sites for hydroxylation is 1. The number of fused-ring (bicyclic) bond motifs is 1. The molecule has 0 aliphatic heterocycles. The van der Waals surface area contributed by atoms with Gasteiger partial charge in [-0.2, -0.15) is 0 Å². The Morgan fingerprint density at radius 1 is 1.35 bits per heavy atom. The van der Waals surface area contributed by atoms with Crippen molar-refractivity contribution in [3.8, 4) is 0 Å². The van der Waals surface area contributed by atoms with Crippen LogP contribution in [-0.4, -0.2) is 29.6 Å². The zero-order valence-electron chi connectivity index (χ0n) is 10.4. The molecule has 4 nitrogen and oxygen atoms in total. The van der Waals surface area contributed by atoms with Gasteiger partial charge in [0.15, 0.2) is 0 Å². The van der Waals surface area contributed by atoms with Crippen molar-refractivity contribution in [1.82, 2.24) is 9.97 Å². The van der Waals surface area contributed by atoms with Crippen LogP contribution >= 0.6 is 0 Å². The average Bonchev–Trinajstić information content (AvgIpc) is 2.74. The van der Waals surface area contributed by atoms with Crippen LogP contribution in [0.25, 0.3) is 0 Å². The van der Waals surface area contributed by atoms with Crippen LogP contribution in [0.4, 0.5) is 5.82 Å². The van der Waals surface area contributed by atoms with Gasteiger partial charge >= 0.3 is 0 Å². The van der Waals surface area contributed by atoms with Crippen molar-refractivity contribution in [2.75, 3.05) is 18.5 Å². The summed E-state index contributed by atoms with van der Waals surface area (Å²) < 4.78 is 0. The van der Waals surface area contributed by atoms with Crippen molar-refractivity contribution < 1.29 is 0 Å². The van der Waals surface area contributed by atoms with Crippen LogP contribution in [0, 0.1) is 5.92 Å². The smallest absolute Gasteiger partial charge is 0.135 e. The lowest BCUT2D eigenvalue weighted by molar-refractivity contribution is 0.270. The molecule has 17 heavy (non-hydrogen) atoms. The van der Waals surface area contributed by atoms with Crippen molar-refractivity contribution in [2.24, 2.45) is 11.7 Å². The Bertz CT molecular complexity index is 412. The quantitative estimate of drug-likeness (QED) is 0.849. The largest absolute Gasteiger partial charge is 0.359 e. The molecule has 0 amide bonds. The number of anilines is 1. The van der Waals surface area contributed by atoms with Crippen LogP contribution in [-0.2, 0) is 12.8 Å². The molecule has 0 bridgehead atoms. The first-order valence-electron chi connectivity index (χ1n) is 6.53. The van der Waals surface area contributed by atoms with E-state index in [4.69, 9.17) is 5.73 Å². The van der Waals surface area contributed by atoms with Crippen molar-refractivity contribution >= 4 is 5.82 Å². The summed E-state index contributed by atoms with van der Waals surface area (Å²) in [6.45, 7) is 1.08. The van der Waals surface area contributed by atoms with Gasteiger partial charge in [-0.1, -0.05) is 0 Å². The van der Waals surface area contributed by atoms with Gasteiger partial charge in [-0.05, 0) is 38.0 Å². The number of rotatable bonds is 3. The second-order valence-corrected chi connectivity index (χ2v) is 5.45. The van der Waals surface area contributed by atoms with E-state index >= 15 is 0 Å². The highest BCUT2D eigenvalue weighted by molar-refractivity contribution is 5.49. The molecular weight excluding hydrogens is 212 g/mol. The fraction of sp³-hybridized carbons (Fsp3) is 0.692. The van der Waals surface area contributed by atoms with Crippen molar-refractivity contribution in [3.63, 3.8) is 0 Å². The molecule has 0 unspecified atom stereocenters. The predicted octanol–water partition coefficient (Wildman–Crippen LogP) is 1.14. The first-order chi connectivity index (χ1) is 8.24. The minimum atomic E-state index is 0.435. The molecular formula is C13H20N4. The summed E-state index contributed by atoms with van der Waals surface area (Å²) in [4.78, 5) is 11.1. The Kier molecular flexibility index (Phi) is 2.74. The number of hydrogen-bond acceptors (Lipinski definition) is 4. The van der Waals surface area contributed by atoms with Gasteiger partial charge < -0.3 is 10.6 Å². The van der Waals surface area contributed by atoms with Crippen molar-refractivity contribution in [3.05, 3.63) is 17.6 Å².